The number of rotatable bonds is 3. The van der Waals surface area contributed by atoms with Crippen LogP contribution >= 0.6 is 0 Å². The Morgan fingerprint density at radius 3 is 2.95 bits per heavy atom. The first-order chi connectivity index (χ1) is 10.2. The summed E-state index contributed by atoms with van der Waals surface area (Å²) in [4.78, 5) is 28.0. The lowest BCUT2D eigenvalue weighted by atomic mass is 10.1. The molecule has 3 fully saturated rings. The van der Waals surface area contributed by atoms with Gasteiger partial charge in [0.1, 0.15) is 6.61 Å². The molecule has 2 aliphatic heterocycles. The average Bonchev–Trinajstić information content (AvgIpc) is 2.99. The van der Waals surface area contributed by atoms with Crippen LogP contribution in [0.3, 0.4) is 0 Å². The summed E-state index contributed by atoms with van der Waals surface area (Å²) in [6.07, 6.45) is 3.76. The molecule has 7 heteroatoms. The van der Waals surface area contributed by atoms with Gasteiger partial charge in [-0.05, 0) is 18.8 Å². The summed E-state index contributed by atoms with van der Waals surface area (Å²) in [5.41, 5.74) is 0. The van der Waals surface area contributed by atoms with Crippen molar-refractivity contribution in [3.63, 3.8) is 0 Å². The number of ether oxygens (including phenoxy) is 1. The van der Waals surface area contributed by atoms with Crippen LogP contribution in [-0.2, 0) is 9.53 Å². The van der Waals surface area contributed by atoms with Crippen molar-refractivity contribution >= 4 is 11.8 Å². The Hall–Kier alpha value is -1.89. The van der Waals surface area contributed by atoms with Crippen LogP contribution in [0.25, 0.3) is 0 Å². The van der Waals surface area contributed by atoms with Crippen molar-refractivity contribution in [2.24, 2.45) is 5.92 Å². The standard InChI is InChI=1S/C14H17N3O4/c18-13-8-20-12-7-16(14(19)11-3-4-15-21-11)6-10(12)17(13)5-9-1-2-9/h3-4,9-10,12H,1-2,5-8H2. The highest BCUT2D eigenvalue weighted by Crippen LogP contribution is 2.33. The number of carbonyl (C=O) groups is 2. The van der Waals surface area contributed by atoms with E-state index in [1.165, 1.54) is 19.0 Å². The molecule has 2 saturated heterocycles. The van der Waals surface area contributed by atoms with E-state index in [0.29, 0.717) is 19.0 Å². The van der Waals surface area contributed by atoms with E-state index in [0.717, 1.165) is 6.54 Å². The van der Waals surface area contributed by atoms with Gasteiger partial charge in [-0.15, -0.1) is 0 Å². The molecule has 4 rings (SSSR count). The third-order valence-corrected chi connectivity index (χ3v) is 4.47. The fraction of sp³-hybridized carbons (Fsp3) is 0.643. The van der Waals surface area contributed by atoms with E-state index in [4.69, 9.17) is 9.26 Å². The third-order valence-electron chi connectivity index (χ3n) is 4.47. The second-order valence-corrected chi connectivity index (χ2v) is 5.99. The molecule has 0 aromatic carbocycles. The normalized spacial score (nSPS) is 28.9. The fourth-order valence-corrected chi connectivity index (χ4v) is 3.13. The first-order valence-corrected chi connectivity index (χ1v) is 7.33. The van der Waals surface area contributed by atoms with Crippen molar-refractivity contribution in [3.8, 4) is 0 Å². The summed E-state index contributed by atoms with van der Waals surface area (Å²) in [5, 5.41) is 3.56. The largest absolute Gasteiger partial charge is 0.364 e. The van der Waals surface area contributed by atoms with Gasteiger partial charge in [-0.2, -0.15) is 0 Å². The number of carbonyl (C=O) groups excluding carboxylic acids is 2. The molecule has 7 nitrogen and oxygen atoms in total. The molecule has 3 aliphatic rings. The van der Waals surface area contributed by atoms with Gasteiger partial charge in [0.25, 0.3) is 5.91 Å². The molecule has 2 unspecified atom stereocenters. The molecule has 1 saturated carbocycles. The molecule has 2 amide bonds. The summed E-state index contributed by atoms with van der Waals surface area (Å²) in [6, 6.07) is 1.52. The van der Waals surface area contributed by atoms with Crippen molar-refractivity contribution in [3.05, 3.63) is 18.0 Å². The van der Waals surface area contributed by atoms with Crippen molar-refractivity contribution in [1.82, 2.24) is 15.0 Å². The zero-order valence-corrected chi connectivity index (χ0v) is 11.6. The Labute approximate surface area is 121 Å². The molecular formula is C14H17N3O4. The van der Waals surface area contributed by atoms with Gasteiger partial charge in [-0.25, -0.2) is 0 Å². The second kappa shape index (κ2) is 4.84. The Morgan fingerprint density at radius 2 is 2.24 bits per heavy atom. The van der Waals surface area contributed by atoms with Gasteiger partial charge in [0.2, 0.25) is 11.7 Å². The maximum atomic E-state index is 12.3. The number of hydrogen-bond acceptors (Lipinski definition) is 5. The summed E-state index contributed by atoms with van der Waals surface area (Å²) in [7, 11) is 0. The summed E-state index contributed by atoms with van der Waals surface area (Å²) < 4.78 is 10.5. The molecule has 1 aliphatic carbocycles. The quantitative estimate of drug-likeness (QED) is 0.791. The van der Waals surface area contributed by atoms with Crippen LogP contribution in [-0.4, -0.2) is 65.2 Å². The minimum absolute atomic E-state index is 0.0290. The van der Waals surface area contributed by atoms with Gasteiger partial charge in [-0.3, -0.25) is 9.59 Å². The number of fused-ring (bicyclic) bond motifs is 1. The van der Waals surface area contributed by atoms with Gasteiger partial charge in [0.05, 0.1) is 18.3 Å². The molecule has 0 bridgehead atoms. The SMILES string of the molecule is O=C(c1ccno1)N1CC2OCC(=O)N(CC3CC3)C2C1. The first kappa shape index (κ1) is 12.8. The van der Waals surface area contributed by atoms with Crippen LogP contribution in [0.15, 0.2) is 16.8 Å². The molecule has 21 heavy (non-hydrogen) atoms. The van der Waals surface area contributed by atoms with E-state index in [2.05, 4.69) is 5.16 Å². The van der Waals surface area contributed by atoms with Crippen LogP contribution in [0.1, 0.15) is 23.4 Å². The first-order valence-electron chi connectivity index (χ1n) is 7.33. The molecule has 0 spiro atoms. The highest BCUT2D eigenvalue weighted by Gasteiger charge is 2.46. The minimum atomic E-state index is -0.190. The third kappa shape index (κ3) is 2.31. The molecule has 1 aromatic heterocycles. The van der Waals surface area contributed by atoms with E-state index in [1.807, 2.05) is 4.90 Å². The van der Waals surface area contributed by atoms with E-state index in [-0.39, 0.29) is 36.3 Å². The van der Waals surface area contributed by atoms with Crippen LogP contribution in [0.4, 0.5) is 0 Å². The molecule has 3 heterocycles. The van der Waals surface area contributed by atoms with Crippen LogP contribution < -0.4 is 0 Å². The fourth-order valence-electron chi connectivity index (χ4n) is 3.13. The Bertz CT molecular complexity index is 555. The van der Waals surface area contributed by atoms with Crippen LogP contribution in [0.5, 0.6) is 0 Å². The zero-order valence-electron chi connectivity index (χ0n) is 11.6. The summed E-state index contributed by atoms with van der Waals surface area (Å²) in [6.45, 7) is 1.92. The molecule has 1 aromatic rings. The maximum Gasteiger partial charge on any atom is 0.292 e. The Kier molecular flexibility index (Phi) is 2.95. The molecule has 2 atom stereocenters. The second-order valence-electron chi connectivity index (χ2n) is 5.99. The van der Waals surface area contributed by atoms with Crippen LogP contribution in [0, 0.1) is 5.92 Å². The van der Waals surface area contributed by atoms with Gasteiger partial charge in [-0.1, -0.05) is 5.16 Å². The number of hydrogen-bond donors (Lipinski definition) is 0. The van der Waals surface area contributed by atoms with Crippen molar-refractivity contribution in [2.45, 2.75) is 25.0 Å². The topological polar surface area (TPSA) is 75.9 Å². The lowest BCUT2D eigenvalue weighted by Crippen LogP contribution is -2.54. The monoisotopic (exact) mass is 291 g/mol. The molecule has 0 N–H and O–H groups in total. The highest BCUT2D eigenvalue weighted by atomic mass is 16.5. The van der Waals surface area contributed by atoms with Crippen LogP contribution in [0.2, 0.25) is 0 Å². The Balaban J connectivity index is 1.49. The molecule has 0 radical (unpaired) electrons. The van der Waals surface area contributed by atoms with Gasteiger partial charge < -0.3 is 19.1 Å². The lowest BCUT2D eigenvalue weighted by molar-refractivity contribution is -0.153. The van der Waals surface area contributed by atoms with Crippen molar-refractivity contribution in [1.29, 1.82) is 0 Å². The van der Waals surface area contributed by atoms with E-state index >= 15 is 0 Å². The highest BCUT2D eigenvalue weighted by molar-refractivity contribution is 5.91. The van der Waals surface area contributed by atoms with Crippen molar-refractivity contribution in [2.75, 3.05) is 26.2 Å². The van der Waals surface area contributed by atoms with Crippen molar-refractivity contribution < 1.29 is 18.8 Å². The Morgan fingerprint density at radius 1 is 1.38 bits per heavy atom. The smallest absolute Gasteiger partial charge is 0.292 e. The van der Waals surface area contributed by atoms with E-state index in [1.54, 1.807) is 11.0 Å². The van der Waals surface area contributed by atoms with E-state index < -0.39 is 0 Å². The molecule has 112 valence electrons. The molecular weight excluding hydrogens is 274 g/mol. The predicted molar refractivity (Wildman–Crippen MR) is 70.4 cm³/mol. The number of likely N-dealkylation sites (tertiary alicyclic amines) is 1. The summed E-state index contributed by atoms with van der Waals surface area (Å²) >= 11 is 0. The van der Waals surface area contributed by atoms with Gasteiger partial charge in [0, 0.05) is 25.7 Å². The number of aromatic nitrogens is 1. The minimum Gasteiger partial charge on any atom is -0.364 e. The number of nitrogens with zero attached hydrogens (tertiary/aromatic N) is 3. The number of morpholine rings is 1. The van der Waals surface area contributed by atoms with Gasteiger partial charge >= 0.3 is 0 Å². The lowest BCUT2D eigenvalue weighted by Gasteiger charge is -2.36. The number of amides is 2. The summed E-state index contributed by atoms with van der Waals surface area (Å²) in [5.74, 6) is 0.710. The maximum absolute atomic E-state index is 12.3. The zero-order chi connectivity index (χ0) is 14.4. The predicted octanol–water partition coefficient (Wildman–Crippen LogP) is 0.136. The van der Waals surface area contributed by atoms with E-state index in [9.17, 15) is 9.59 Å². The average molecular weight is 291 g/mol. The van der Waals surface area contributed by atoms with Gasteiger partial charge in [0.15, 0.2) is 0 Å².